The zero-order valence-corrected chi connectivity index (χ0v) is 14.3. The lowest BCUT2D eigenvalue weighted by Gasteiger charge is -2.18. The zero-order valence-electron chi connectivity index (χ0n) is 13.5. The van der Waals surface area contributed by atoms with Crippen LogP contribution in [0.3, 0.4) is 0 Å². The van der Waals surface area contributed by atoms with E-state index in [4.69, 9.17) is 0 Å². The number of carbonyl (C=O) groups is 1. The number of anilines is 1. The van der Waals surface area contributed by atoms with Gasteiger partial charge in [-0.3, -0.25) is 0 Å². The molecule has 2 amide bonds. The molecule has 1 aliphatic rings. The number of rotatable bonds is 3. The van der Waals surface area contributed by atoms with Gasteiger partial charge in [-0.05, 0) is 37.1 Å². The molecule has 0 spiro atoms. The van der Waals surface area contributed by atoms with Crippen LogP contribution in [0, 0.1) is 6.92 Å². The zero-order chi connectivity index (χ0) is 17.2. The number of aryl methyl sites for hydroxylation is 1. The quantitative estimate of drug-likeness (QED) is 0.930. The van der Waals surface area contributed by atoms with Crippen LogP contribution in [-0.2, 0) is 9.84 Å². The second-order valence-corrected chi connectivity index (χ2v) is 8.19. The van der Waals surface area contributed by atoms with Crippen molar-refractivity contribution in [1.29, 1.82) is 0 Å². The normalized spacial score (nSPS) is 17.7. The summed E-state index contributed by atoms with van der Waals surface area (Å²) in [4.78, 5) is 14.3. The highest BCUT2D eigenvalue weighted by Crippen LogP contribution is 2.24. The van der Waals surface area contributed by atoms with Gasteiger partial charge in [0.15, 0.2) is 9.84 Å². The van der Waals surface area contributed by atoms with Crippen LogP contribution < -0.4 is 5.32 Å². The predicted octanol–water partition coefficient (Wildman–Crippen LogP) is 3.08. The van der Waals surface area contributed by atoms with E-state index in [1.54, 1.807) is 35.2 Å². The molecule has 1 atom stereocenters. The van der Waals surface area contributed by atoms with Gasteiger partial charge in [0.25, 0.3) is 0 Å². The van der Waals surface area contributed by atoms with Gasteiger partial charge < -0.3 is 10.2 Å². The van der Waals surface area contributed by atoms with Gasteiger partial charge in [-0.1, -0.05) is 36.4 Å². The molecule has 3 rings (SSSR count). The Kier molecular flexibility index (Phi) is 4.57. The molecule has 1 heterocycles. The molecule has 0 aliphatic carbocycles. The van der Waals surface area contributed by atoms with Gasteiger partial charge in [-0.25, -0.2) is 13.2 Å². The summed E-state index contributed by atoms with van der Waals surface area (Å²) in [5.41, 5.74) is 1.72. The number of likely N-dealkylation sites (tertiary alicyclic amines) is 1. The molecular formula is C18H20N2O3S. The van der Waals surface area contributed by atoms with Crippen LogP contribution >= 0.6 is 0 Å². The molecule has 126 valence electrons. The summed E-state index contributed by atoms with van der Waals surface area (Å²) in [7, 11) is -3.41. The van der Waals surface area contributed by atoms with Crippen LogP contribution in [0.4, 0.5) is 10.5 Å². The van der Waals surface area contributed by atoms with E-state index < -0.39 is 15.1 Å². The molecule has 2 aromatic carbocycles. The number of nitrogens with one attached hydrogen (secondary N) is 1. The molecule has 0 unspecified atom stereocenters. The first-order valence-corrected chi connectivity index (χ1v) is 9.43. The van der Waals surface area contributed by atoms with Gasteiger partial charge in [0.05, 0.1) is 10.1 Å². The Morgan fingerprint density at radius 3 is 2.46 bits per heavy atom. The van der Waals surface area contributed by atoms with Crippen molar-refractivity contribution in [2.24, 2.45) is 0 Å². The van der Waals surface area contributed by atoms with E-state index in [0.29, 0.717) is 17.9 Å². The van der Waals surface area contributed by atoms with E-state index in [1.165, 1.54) is 0 Å². The average molecular weight is 344 g/mol. The molecule has 0 radical (unpaired) electrons. The summed E-state index contributed by atoms with van der Waals surface area (Å²) in [6.07, 6.45) is 0.457. The maximum atomic E-state index is 12.7. The van der Waals surface area contributed by atoms with Gasteiger partial charge in [0, 0.05) is 18.8 Å². The van der Waals surface area contributed by atoms with E-state index in [0.717, 1.165) is 11.3 Å². The van der Waals surface area contributed by atoms with Gasteiger partial charge in [0.2, 0.25) is 0 Å². The van der Waals surface area contributed by atoms with E-state index in [9.17, 15) is 13.2 Å². The SMILES string of the molecule is Cc1ccccc1NC(=O)N1CC[C@H](S(=O)(=O)c2ccccc2)C1. The van der Waals surface area contributed by atoms with Crippen LogP contribution in [-0.4, -0.2) is 37.7 Å². The fraction of sp³-hybridized carbons (Fsp3) is 0.278. The number of hydrogen-bond donors (Lipinski definition) is 1. The summed E-state index contributed by atoms with van der Waals surface area (Å²) in [6.45, 7) is 2.58. The Hall–Kier alpha value is -2.34. The van der Waals surface area contributed by atoms with Crippen molar-refractivity contribution in [3.8, 4) is 0 Å². The van der Waals surface area contributed by atoms with Crippen molar-refractivity contribution in [3.05, 3.63) is 60.2 Å². The lowest BCUT2D eigenvalue weighted by molar-refractivity contribution is 0.222. The van der Waals surface area contributed by atoms with Gasteiger partial charge in [-0.2, -0.15) is 0 Å². The standard InChI is InChI=1S/C18H20N2O3S/c1-14-7-5-6-10-17(14)19-18(21)20-12-11-16(13-20)24(22,23)15-8-3-2-4-9-15/h2-10,16H,11-13H2,1H3,(H,19,21)/t16-/m0/s1. The Bertz CT molecular complexity index is 834. The highest BCUT2D eigenvalue weighted by atomic mass is 32.2. The van der Waals surface area contributed by atoms with Crippen molar-refractivity contribution >= 4 is 21.6 Å². The molecule has 1 N–H and O–H groups in total. The molecule has 1 fully saturated rings. The van der Waals surface area contributed by atoms with Crippen molar-refractivity contribution in [2.45, 2.75) is 23.5 Å². The summed E-state index contributed by atoms with van der Waals surface area (Å²) in [5, 5.41) is 2.30. The summed E-state index contributed by atoms with van der Waals surface area (Å²) in [5.74, 6) is 0. The minimum Gasteiger partial charge on any atom is -0.323 e. The fourth-order valence-corrected chi connectivity index (χ4v) is 4.59. The predicted molar refractivity (Wildman–Crippen MR) is 93.8 cm³/mol. The second kappa shape index (κ2) is 6.65. The van der Waals surface area contributed by atoms with Gasteiger partial charge >= 0.3 is 6.03 Å². The highest BCUT2D eigenvalue weighted by molar-refractivity contribution is 7.92. The van der Waals surface area contributed by atoms with E-state index >= 15 is 0 Å². The van der Waals surface area contributed by atoms with Crippen LogP contribution in [0.2, 0.25) is 0 Å². The molecule has 0 aromatic heterocycles. The van der Waals surface area contributed by atoms with Crippen molar-refractivity contribution < 1.29 is 13.2 Å². The van der Waals surface area contributed by atoms with E-state index in [1.807, 2.05) is 31.2 Å². The lowest BCUT2D eigenvalue weighted by Crippen LogP contribution is -2.35. The van der Waals surface area contributed by atoms with Crippen LogP contribution in [0.1, 0.15) is 12.0 Å². The molecular weight excluding hydrogens is 324 g/mol. The number of sulfone groups is 1. The summed E-state index contributed by atoms with van der Waals surface area (Å²) >= 11 is 0. The fourth-order valence-electron chi connectivity index (χ4n) is 2.88. The Labute approximate surface area is 142 Å². The van der Waals surface area contributed by atoms with Crippen LogP contribution in [0.5, 0.6) is 0 Å². The topological polar surface area (TPSA) is 66.5 Å². The maximum absolute atomic E-state index is 12.7. The van der Waals surface area contributed by atoms with Crippen LogP contribution in [0.25, 0.3) is 0 Å². The Morgan fingerprint density at radius 1 is 1.08 bits per heavy atom. The van der Waals surface area contributed by atoms with Crippen molar-refractivity contribution in [2.75, 3.05) is 18.4 Å². The third-order valence-electron chi connectivity index (χ3n) is 4.33. The number of benzene rings is 2. The number of nitrogens with zero attached hydrogens (tertiary/aromatic N) is 1. The molecule has 1 saturated heterocycles. The highest BCUT2D eigenvalue weighted by Gasteiger charge is 2.36. The first-order chi connectivity index (χ1) is 11.5. The first-order valence-electron chi connectivity index (χ1n) is 7.89. The third kappa shape index (κ3) is 3.28. The molecule has 6 heteroatoms. The number of amides is 2. The minimum absolute atomic E-state index is 0.217. The number of hydrogen-bond acceptors (Lipinski definition) is 3. The lowest BCUT2D eigenvalue weighted by atomic mass is 10.2. The maximum Gasteiger partial charge on any atom is 0.321 e. The van der Waals surface area contributed by atoms with E-state index in [-0.39, 0.29) is 12.6 Å². The number of urea groups is 1. The third-order valence-corrected chi connectivity index (χ3v) is 6.52. The minimum atomic E-state index is -3.41. The van der Waals surface area contributed by atoms with Gasteiger partial charge in [-0.15, -0.1) is 0 Å². The smallest absolute Gasteiger partial charge is 0.321 e. The molecule has 1 aliphatic heterocycles. The second-order valence-electron chi connectivity index (χ2n) is 5.96. The van der Waals surface area contributed by atoms with Crippen molar-refractivity contribution in [1.82, 2.24) is 4.90 Å². The first kappa shape index (κ1) is 16.5. The monoisotopic (exact) mass is 344 g/mol. The molecule has 0 saturated carbocycles. The number of carbonyl (C=O) groups excluding carboxylic acids is 1. The van der Waals surface area contributed by atoms with Gasteiger partial charge in [0.1, 0.15) is 0 Å². The number of para-hydroxylation sites is 1. The van der Waals surface area contributed by atoms with Crippen LogP contribution in [0.15, 0.2) is 59.5 Å². The Morgan fingerprint density at radius 2 is 1.75 bits per heavy atom. The van der Waals surface area contributed by atoms with E-state index in [2.05, 4.69) is 5.32 Å². The average Bonchev–Trinajstić information content (AvgIpc) is 3.09. The molecule has 5 nitrogen and oxygen atoms in total. The largest absolute Gasteiger partial charge is 0.323 e. The van der Waals surface area contributed by atoms with Crippen molar-refractivity contribution in [3.63, 3.8) is 0 Å². The Balaban J connectivity index is 1.69. The molecule has 2 aromatic rings. The summed E-state index contributed by atoms with van der Waals surface area (Å²) < 4.78 is 25.3. The molecule has 0 bridgehead atoms. The molecule has 24 heavy (non-hydrogen) atoms. The summed E-state index contributed by atoms with van der Waals surface area (Å²) in [6, 6.07) is 15.7.